The highest BCUT2D eigenvalue weighted by Crippen LogP contribution is 2.33. The lowest BCUT2D eigenvalue weighted by molar-refractivity contribution is -0.123. The number of rotatable bonds is 6. The SMILES string of the molecule is O=C1S/C(=C/c2cccc(OCc3ccccc3Cl)c2)C(=O)N1Cc1ccccc1. The van der Waals surface area contributed by atoms with E-state index in [9.17, 15) is 9.59 Å². The van der Waals surface area contributed by atoms with Crippen LogP contribution in [0.3, 0.4) is 0 Å². The predicted molar refractivity (Wildman–Crippen MR) is 120 cm³/mol. The van der Waals surface area contributed by atoms with Crippen molar-refractivity contribution in [2.45, 2.75) is 13.2 Å². The van der Waals surface area contributed by atoms with Gasteiger partial charge in [-0.2, -0.15) is 0 Å². The number of carbonyl (C=O) groups excluding carboxylic acids is 2. The minimum Gasteiger partial charge on any atom is -0.489 e. The number of hydrogen-bond donors (Lipinski definition) is 0. The van der Waals surface area contributed by atoms with Crippen molar-refractivity contribution in [3.8, 4) is 5.75 Å². The van der Waals surface area contributed by atoms with Crippen LogP contribution in [0.2, 0.25) is 5.02 Å². The number of amides is 2. The third kappa shape index (κ3) is 4.75. The second kappa shape index (κ2) is 9.20. The maximum atomic E-state index is 12.7. The molecule has 4 nitrogen and oxygen atoms in total. The molecule has 0 saturated carbocycles. The molecule has 150 valence electrons. The van der Waals surface area contributed by atoms with Gasteiger partial charge in [0.25, 0.3) is 11.1 Å². The summed E-state index contributed by atoms with van der Waals surface area (Å²) < 4.78 is 5.84. The number of benzene rings is 3. The van der Waals surface area contributed by atoms with Gasteiger partial charge in [0.05, 0.1) is 11.4 Å². The minimum atomic E-state index is -0.281. The first-order valence-electron chi connectivity index (χ1n) is 9.36. The number of carbonyl (C=O) groups is 2. The van der Waals surface area contributed by atoms with Crippen LogP contribution < -0.4 is 4.74 Å². The molecule has 1 heterocycles. The molecule has 0 atom stereocenters. The third-order valence-corrected chi connectivity index (χ3v) is 5.84. The van der Waals surface area contributed by atoms with Gasteiger partial charge in [0.15, 0.2) is 0 Å². The molecule has 3 aromatic rings. The van der Waals surface area contributed by atoms with Gasteiger partial charge < -0.3 is 4.74 Å². The molecule has 0 radical (unpaired) electrons. The van der Waals surface area contributed by atoms with E-state index in [-0.39, 0.29) is 17.7 Å². The zero-order valence-corrected chi connectivity index (χ0v) is 17.5. The smallest absolute Gasteiger partial charge is 0.293 e. The Bertz CT molecular complexity index is 1110. The van der Waals surface area contributed by atoms with E-state index in [1.807, 2.05) is 78.9 Å². The molecule has 0 spiro atoms. The summed E-state index contributed by atoms with van der Waals surface area (Å²) in [5, 5.41) is 0.391. The van der Waals surface area contributed by atoms with Gasteiger partial charge in [-0.15, -0.1) is 0 Å². The molecule has 1 aliphatic rings. The van der Waals surface area contributed by atoms with Crippen LogP contribution >= 0.6 is 23.4 Å². The van der Waals surface area contributed by atoms with Crippen LogP contribution in [0.25, 0.3) is 6.08 Å². The highest BCUT2D eigenvalue weighted by atomic mass is 35.5. The zero-order valence-electron chi connectivity index (χ0n) is 16.0. The van der Waals surface area contributed by atoms with Gasteiger partial charge in [0, 0.05) is 10.6 Å². The first kappa shape index (κ1) is 20.3. The lowest BCUT2D eigenvalue weighted by atomic mass is 10.2. The summed E-state index contributed by atoms with van der Waals surface area (Å²) in [6, 6.07) is 24.4. The molecule has 2 amide bonds. The van der Waals surface area contributed by atoms with Gasteiger partial charge >= 0.3 is 0 Å². The van der Waals surface area contributed by atoms with Crippen LogP contribution in [0.15, 0.2) is 83.8 Å². The molecule has 1 aliphatic heterocycles. The van der Waals surface area contributed by atoms with Crippen molar-refractivity contribution in [3.05, 3.63) is 105 Å². The molecule has 0 bridgehead atoms. The molecular weight excluding hydrogens is 418 g/mol. The van der Waals surface area contributed by atoms with Crippen LogP contribution in [0, 0.1) is 0 Å². The van der Waals surface area contributed by atoms with E-state index in [0.717, 1.165) is 28.5 Å². The van der Waals surface area contributed by atoms with Gasteiger partial charge in [-0.1, -0.05) is 72.3 Å². The van der Waals surface area contributed by atoms with E-state index in [4.69, 9.17) is 16.3 Å². The quantitative estimate of drug-likeness (QED) is 0.435. The Morgan fingerprint density at radius 1 is 0.933 bits per heavy atom. The van der Waals surface area contributed by atoms with Gasteiger partial charge in [-0.05, 0) is 47.2 Å². The van der Waals surface area contributed by atoms with E-state index in [0.29, 0.717) is 22.3 Å². The van der Waals surface area contributed by atoms with Crippen molar-refractivity contribution < 1.29 is 14.3 Å². The molecule has 1 saturated heterocycles. The van der Waals surface area contributed by atoms with Crippen molar-refractivity contribution in [1.82, 2.24) is 4.90 Å². The number of halogens is 1. The molecule has 0 aliphatic carbocycles. The Labute approximate surface area is 184 Å². The number of ether oxygens (including phenoxy) is 1. The molecule has 0 unspecified atom stereocenters. The summed E-state index contributed by atoms with van der Waals surface area (Å²) in [6.45, 7) is 0.612. The largest absolute Gasteiger partial charge is 0.489 e. The number of hydrogen-bond acceptors (Lipinski definition) is 4. The summed E-state index contributed by atoms with van der Waals surface area (Å²) >= 11 is 7.12. The van der Waals surface area contributed by atoms with Crippen LogP contribution in [0.4, 0.5) is 4.79 Å². The summed E-state index contributed by atoms with van der Waals surface area (Å²) in [7, 11) is 0. The number of thioether (sulfide) groups is 1. The monoisotopic (exact) mass is 435 g/mol. The molecule has 0 N–H and O–H groups in total. The highest BCUT2D eigenvalue weighted by Gasteiger charge is 2.34. The van der Waals surface area contributed by atoms with Crippen LogP contribution in [-0.2, 0) is 17.9 Å². The summed E-state index contributed by atoms with van der Waals surface area (Å²) in [4.78, 5) is 26.7. The van der Waals surface area contributed by atoms with Crippen LogP contribution in [-0.4, -0.2) is 16.0 Å². The van der Waals surface area contributed by atoms with Gasteiger partial charge in [-0.25, -0.2) is 0 Å². The topological polar surface area (TPSA) is 46.6 Å². The van der Waals surface area contributed by atoms with Crippen molar-refractivity contribution in [2.24, 2.45) is 0 Å². The molecule has 30 heavy (non-hydrogen) atoms. The molecular formula is C24H18ClNO3S. The number of imide groups is 1. The van der Waals surface area contributed by atoms with Crippen LogP contribution in [0.1, 0.15) is 16.7 Å². The van der Waals surface area contributed by atoms with Gasteiger partial charge in [0.2, 0.25) is 0 Å². The van der Waals surface area contributed by atoms with E-state index in [2.05, 4.69) is 0 Å². The lowest BCUT2D eigenvalue weighted by Gasteiger charge is -2.12. The first-order chi connectivity index (χ1) is 14.6. The molecule has 4 rings (SSSR count). The maximum absolute atomic E-state index is 12.7. The second-order valence-corrected chi connectivity index (χ2v) is 8.11. The standard InChI is InChI=1S/C24H18ClNO3S/c25-21-12-5-4-10-19(21)16-29-20-11-6-9-18(13-20)14-22-23(27)26(24(28)30-22)15-17-7-2-1-3-8-17/h1-14H,15-16H2/b22-14+. The summed E-state index contributed by atoms with van der Waals surface area (Å²) in [6.07, 6.45) is 1.72. The summed E-state index contributed by atoms with van der Waals surface area (Å²) in [5.74, 6) is 0.378. The molecule has 3 aromatic carbocycles. The average molecular weight is 436 g/mol. The minimum absolute atomic E-state index is 0.263. The first-order valence-corrected chi connectivity index (χ1v) is 10.6. The Morgan fingerprint density at radius 2 is 1.70 bits per heavy atom. The highest BCUT2D eigenvalue weighted by molar-refractivity contribution is 8.18. The average Bonchev–Trinajstić information content (AvgIpc) is 3.01. The Morgan fingerprint density at radius 3 is 2.50 bits per heavy atom. The molecule has 0 aromatic heterocycles. The Hall–Kier alpha value is -3.02. The molecule has 1 fully saturated rings. The van der Waals surface area contributed by atoms with Crippen molar-refractivity contribution >= 4 is 40.6 Å². The predicted octanol–water partition coefficient (Wildman–Crippen LogP) is 6.16. The second-order valence-electron chi connectivity index (χ2n) is 6.71. The van der Waals surface area contributed by atoms with E-state index >= 15 is 0 Å². The van der Waals surface area contributed by atoms with Crippen molar-refractivity contribution in [3.63, 3.8) is 0 Å². The van der Waals surface area contributed by atoms with E-state index in [1.165, 1.54) is 4.90 Å². The fraction of sp³-hybridized carbons (Fsp3) is 0.0833. The Kier molecular flexibility index (Phi) is 6.21. The number of nitrogens with zero attached hydrogens (tertiary/aromatic N) is 1. The maximum Gasteiger partial charge on any atom is 0.293 e. The fourth-order valence-corrected chi connectivity index (χ4v) is 4.05. The molecule has 6 heteroatoms. The van der Waals surface area contributed by atoms with Crippen molar-refractivity contribution in [1.29, 1.82) is 0 Å². The lowest BCUT2D eigenvalue weighted by Crippen LogP contribution is -2.27. The fourth-order valence-electron chi connectivity index (χ4n) is 3.02. The zero-order chi connectivity index (χ0) is 20.9. The van der Waals surface area contributed by atoms with Crippen LogP contribution in [0.5, 0.6) is 5.75 Å². The van der Waals surface area contributed by atoms with E-state index in [1.54, 1.807) is 6.08 Å². The van der Waals surface area contributed by atoms with Gasteiger partial charge in [-0.3, -0.25) is 14.5 Å². The normalized spacial score (nSPS) is 15.1. The van der Waals surface area contributed by atoms with Gasteiger partial charge in [0.1, 0.15) is 12.4 Å². The third-order valence-electron chi connectivity index (χ3n) is 4.57. The van der Waals surface area contributed by atoms with Crippen molar-refractivity contribution in [2.75, 3.05) is 0 Å². The Balaban J connectivity index is 1.47. The van der Waals surface area contributed by atoms with E-state index < -0.39 is 0 Å². The summed E-state index contributed by atoms with van der Waals surface area (Å²) in [5.41, 5.74) is 2.60.